The molecule has 0 amide bonds. The van der Waals surface area contributed by atoms with Crippen molar-refractivity contribution in [2.24, 2.45) is 7.05 Å². The van der Waals surface area contributed by atoms with E-state index in [0.29, 0.717) is 6.54 Å². The van der Waals surface area contributed by atoms with Gasteiger partial charge in [-0.05, 0) is 12.8 Å². The maximum Gasteiger partial charge on any atom is 0.330 e. The third kappa shape index (κ3) is 3.34. The third-order valence-electron chi connectivity index (χ3n) is 2.53. The molecule has 0 atom stereocenters. The van der Waals surface area contributed by atoms with Gasteiger partial charge in [0.05, 0.1) is 0 Å². The monoisotopic (exact) mass is 226 g/mol. The molecule has 16 heavy (non-hydrogen) atoms. The van der Waals surface area contributed by atoms with E-state index in [1.165, 1.54) is 21.4 Å². The lowest BCUT2D eigenvalue weighted by Crippen LogP contribution is -2.37. The summed E-state index contributed by atoms with van der Waals surface area (Å²) in [5.74, 6) is 0. The largest absolute Gasteiger partial charge is 0.396 e. The van der Waals surface area contributed by atoms with Crippen molar-refractivity contribution in [3.63, 3.8) is 0 Å². The van der Waals surface area contributed by atoms with Crippen LogP contribution < -0.4 is 11.2 Å². The summed E-state index contributed by atoms with van der Waals surface area (Å²) in [5.41, 5.74) is -0.514. The molecule has 90 valence electrons. The van der Waals surface area contributed by atoms with Gasteiger partial charge in [-0.1, -0.05) is 12.8 Å². The molecule has 5 heteroatoms. The molecule has 0 spiro atoms. The topological polar surface area (TPSA) is 64.2 Å². The van der Waals surface area contributed by atoms with Crippen LogP contribution in [0.2, 0.25) is 0 Å². The van der Waals surface area contributed by atoms with E-state index in [2.05, 4.69) is 0 Å². The summed E-state index contributed by atoms with van der Waals surface area (Å²) < 4.78 is 2.65. The molecule has 0 radical (unpaired) electrons. The number of hydrogen-bond acceptors (Lipinski definition) is 3. The number of aliphatic hydroxyl groups excluding tert-OH is 1. The van der Waals surface area contributed by atoms with Crippen molar-refractivity contribution >= 4 is 0 Å². The van der Waals surface area contributed by atoms with Crippen LogP contribution in [-0.2, 0) is 13.6 Å². The average Bonchev–Trinajstić information content (AvgIpc) is 2.28. The minimum absolute atomic E-state index is 0.201. The van der Waals surface area contributed by atoms with E-state index in [4.69, 9.17) is 5.11 Å². The van der Waals surface area contributed by atoms with E-state index in [0.717, 1.165) is 25.7 Å². The summed E-state index contributed by atoms with van der Waals surface area (Å²) in [6.07, 6.45) is 4.90. The normalized spacial score (nSPS) is 10.6. The summed E-state index contributed by atoms with van der Waals surface area (Å²) in [6.45, 7) is 0.658. The fourth-order valence-corrected chi connectivity index (χ4v) is 1.56. The molecule has 0 aliphatic carbocycles. The van der Waals surface area contributed by atoms with E-state index < -0.39 is 0 Å². The Morgan fingerprint density at radius 2 is 1.88 bits per heavy atom. The van der Waals surface area contributed by atoms with Crippen LogP contribution >= 0.6 is 0 Å². The molecule has 1 rings (SSSR count). The Hall–Kier alpha value is -1.36. The second-order valence-electron chi connectivity index (χ2n) is 3.84. The number of rotatable bonds is 6. The van der Waals surface area contributed by atoms with Crippen molar-refractivity contribution in [3.8, 4) is 0 Å². The van der Waals surface area contributed by atoms with Crippen LogP contribution in [0, 0.1) is 0 Å². The number of aliphatic hydroxyl groups is 1. The Kier molecular flexibility index (Phi) is 4.98. The Balaban J connectivity index is 2.57. The summed E-state index contributed by atoms with van der Waals surface area (Å²) in [7, 11) is 1.63. The highest BCUT2D eigenvalue weighted by molar-refractivity contribution is 4.85. The smallest absolute Gasteiger partial charge is 0.330 e. The summed E-state index contributed by atoms with van der Waals surface area (Å²) >= 11 is 0. The van der Waals surface area contributed by atoms with Crippen LogP contribution in [0.15, 0.2) is 21.9 Å². The number of aryl methyl sites for hydroxylation is 1. The first-order chi connectivity index (χ1) is 7.66. The standard InChI is InChI=1S/C11H18N2O3/c1-12-8-6-10(15)13(11(12)16)7-4-2-3-5-9-14/h6,8,14H,2-5,7,9H2,1H3. The fraction of sp³-hybridized carbons (Fsp3) is 0.636. The van der Waals surface area contributed by atoms with E-state index in [9.17, 15) is 9.59 Å². The molecule has 5 nitrogen and oxygen atoms in total. The molecular formula is C11H18N2O3. The Morgan fingerprint density at radius 3 is 2.56 bits per heavy atom. The van der Waals surface area contributed by atoms with Crippen molar-refractivity contribution in [1.29, 1.82) is 0 Å². The van der Waals surface area contributed by atoms with Crippen molar-refractivity contribution in [2.75, 3.05) is 6.61 Å². The first-order valence-corrected chi connectivity index (χ1v) is 5.54. The molecule has 0 aromatic carbocycles. The number of unbranched alkanes of at least 4 members (excludes halogenated alkanes) is 3. The molecule has 1 heterocycles. The molecule has 0 bridgehead atoms. The van der Waals surface area contributed by atoms with Crippen molar-refractivity contribution in [1.82, 2.24) is 9.13 Å². The molecule has 0 aliphatic rings. The van der Waals surface area contributed by atoms with E-state index in [1.54, 1.807) is 7.05 Å². The first kappa shape index (κ1) is 12.7. The fourth-order valence-electron chi connectivity index (χ4n) is 1.56. The number of aromatic nitrogens is 2. The predicted octanol–water partition coefficient (Wildman–Crippen LogP) is 0.0997. The van der Waals surface area contributed by atoms with Gasteiger partial charge in [-0.15, -0.1) is 0 Å². The van der Waals surface area contributed by atoms with Crippen LogP contribution in [0.4, 0.5) is 0 Å². The van der Waals surface area contributed by atoms with Crippen LogP contribution in [0.1, 0.15) is 25.7 Å². The second-order valence-corrected chi connectivity index (χ2v) is 3.84. The summed E-state index contributed by atoms with van der Waals surface area (Å²) in [6, 6.07) is 1.40. The molecule has 1 aromatic heterocycles. The van der Waals surface area contributed by atoms with Gasteiger partial charge < -0.3 is 9.67 Å². The van der Waals surface area contributed by atoms with Gasteiger partial charge in [-0.3, -0.25) is 9.36 Å². The van der Waals surface area contributed by atoms with Crippen LogP contribution in [0.3, 0.4) is 0 Å². The van der Waals surface area contributed by atoms with Crippen molar-refractivity contribution < 1.29 is 5.11 Å². The van der Waals surface area contributed by atoms with Gasteiger partial charge in [0.15, 0.2) is 0 Å². The van der Waals surface area contributed by atoms with Gasteiger partial charge in [0.2, 0.25) is 0 Å². The first-order valence-electron chi connectivity index (χ1n) is 5.54. The number of hydrogen-bond donors (Lipinski definition) is 1. The summed E-state index contributed by atoms with van der Waals surface area (Å²) in [4.78, 5) is 23.0. The molecular weight excluding hydrogens is 208 g/mol. The molecule has 0 saturated heterocycles. The molecule has 1 N–H and O–H groups in total. The SMILES string of the molecule is Cn1ccc(=O)n(CCCCCCO)c1=O. The Bertz CT molecular complexity index is 434. The quantitative estimate of drug-likeness (QED) is 0.700. The zero-order valence-corrected chi connectivity index (χ0v) is 9.56. The molecule has 0 saturated carbocycles. The lowest BCUT2D eigenvalue weighted by Gasteiger charge is -2.05. The third-order valence-corrected chi connectivity index (χ3v) is 2.53. The van der Waals surface area contributed by atoms with Crippen molar-refractivity contribution in [2.45, 2.75) is 32.2 Å². The minimum Gasteiger partial charge on any atom is -0.396 e. The number of nitrogens with zero attached hydrogens (tertiary/aromatic N) is 2. The van der Waals surface area contributed by atoms with Gasteiger partial charge in [0, 0.05) is 32.5 Å². The Morgan fingerprint density at radius 1 is 1.19 bits per heavy atom. The maximum atomic E-state index is 11.6. The van der Waals surface area contributed by atoms with Gasteiger partial charge >= 0.3 is 5.69 Å². The maximum absolute atomic E-state index is 11.6. The van der Waals surface area contributed by atoms with Gasteiger partial charge in [0.1, 0.15) is 0 Å². The van der Waals surface area contributed by atoms with Crippen LogP contribution in [-0.4, -0.2) is 20.8 Å². The summed E-state index contributed by atoms with van der Waals surface area (Å²) in [5, 5.41) is 8.60. The second kappa shape index (κ2) is 6.27. The molecule has 1 aromatic rings. The predicted molar refractivity (Wildman–Crippen MR) is 61.5 cm³/mol. The van der Waals surface area contributed by atoms with Crippen LogP contribution in [0.25, 0.3) is 0 Å². The minimum atomic E-state index is -0.269. The van der Waals surface area contributed by atoms with Gasteiger partial charge in [0.25, 0.3) is 5.56 Å². The van der Waals surface area contributed by atoms with Gasteiger partial charge in [-0.2, -0.15) is 0 Å². The van der Waals surface area contributed by atoms with Crippen molar-refractivity contribution in [3.05, 3.63) is 33.1 Å². The van der Waals surface area contributed by atoms with Crippen LogP contribution in [0.5, 0.6) is 0 Å². The van der Waals surface area contributed by atoms with E-state index >= 15 is 0 Å². The zero-order chi connectivity index (χ0) is 12.0. The lowest BCUT2D eigenvalue weighted by molar-refractivity contribution is 0.282. The lowest BCUT2D eigenvalue weighted by atomic mass is 10.2. The highest BCUT2D eigenvalue weighted by atomic mass is 16.3. The molecule has 0 unspecified atom stereocenters. The average molecular weight is 226 g/mol. The molecule has 0 fully saturated rings. The molecule has 0 aliphatic heterocycles. The van der Waals surface area contributed by atoms with Gasteiger partial charge in [-0.25, -0.2) is 4.79 Å². The highest BCUT2D eigenvalue weighted by Gasteiger charge is 2.01. The highest BCUT2D eigenvalue weighted by Crippen LogP contribution is 1.99. The zero-order valence-electron chi connectivity index (χ0n) is 9.56. The Labute approximate surface area is 94.0 Å². The van der Waals surface area contributed by atoms with E-state index in [-0.39, 0.29) is 17.9 Å². The van der Waals surface area contributed by atoms with E-state index in [1.807, 2.05) is 0 Å².